The Labute approximate surface area is 172 Å². The summed E-state index contributed by atoms with van der Waals surface area (Å²) in [6, 6.07) is 6.46. The molecule has 1 amide bonds. The van der Waals surface area contributed by atoms with Gasteiger partial charge >= 0.3 is 0 Å². The Morgan fingerprint density at radius 3 is 2.73 bits per heavy atom. The van der Waals surface area contributed by atoms with Gasteiger partial charge in [-0.15, -0.1) is 0 Å². The van der Waals surface area contributed by atoms with Crippen molar-refractivity contribution in [2.24, 2.45) is 11.5 Å². The fourth-order valence-electron chi connectivity index (χ4n) is 3.81. The van der Waals surface area contributed by atoms with Gasteiger partial charge in [0.05, 0.1) is 11.1 Å². The van der Waals surface area contributed by atoms with Gasteiger partial charge in [0.2, 0.25) is 0 Å². The van der Waals surface area contributed by atoms with E-state index in [0.717, 1.165) is 42.7 Å². The molecule has 1 aromatic carbocycles. The van der Waals surface area contributed by atoms with Gasteiger partial charge in [-0.25, -0.2) is 9.37 Å². The normalized spacial score (nSPS) is 18.9. The number of aromatic amines is 1. The Hall–Kier alpha value is -3.40. The average Bonchev–Trinajstić information content (AvgIpc) is 3.14. The van der Waals surface area contributed by atoms with Crippen LogP contribution in [0.2, 0.25) is 0 Å². The molecule has 1 aliphatic rings. The molecular weight excluding hydrogens is 387 g/mol. The molecule has 2 heterocycles. The van der Waals surface area contributed by atoms with Crippen LogP contribution in [0.3, 0.4) is 0 Å². The highest BCUT2D eigenvalue weighted by Gasteiger charge is 2.24. The van der Waals surface area contributed by atoms with Gasteiger partial charge in [0.25, 0.3) is 5.91 Å². The van der Waals surface area contributed by atoms with E-state index < -0.39 is 11.7 Å². The summed E-state index contributed by atoms with van der Waals surface area (Å²) in [6.07, 6.45) is 3.80. The number of benzene rings is 1. The van der Waals surface area contributed by atoms with E-state index in [1.165, 1.54) is 0 Å². The van der Waals surface area contributed by atoms with Crippen molar-refractivity contribution in [3.05, 3.63) is 35.6 Å². The van der Waals surface area contributed by atoms with Crippen LogP contribution in [0.25, 0.3) is 10.9 Å². The van der Waals surface area contributed by atoms with Crippen LogP contribution in [0.15, 0.2) is 24.3 Å². The molecule has 4 rings (SSSR count). The Kier molecular flexibility index (Phi) is 5.40. The molecule has 0 bridgehead atoms. The number of primary amides is 1. The van der Waals surface area contributed by atoms with Gasteiger partial charge in [0.15, 0.2) is 17.5 Å². The summed E-state index contributed by atoms with van der Waals surface area (Å²) in [5.41, 5.74) is 13.1. The SMILES string of the molecule is CNc1n[nH]c2ccc(Nc3nc(N[C@@H]4CCCC[C@@H]4N)c(F)cc3C(N)=O)cc12. The number of nitrogens with zero attached hydrogens (tertiary/aromatic N) is 2. The molecule has 0 unspecified atom stereocenters. The van der Waals surface area contributed by atoms with Crippen molar-refractivity contribution >= 4 is 40.0 Å². The predicted molar refractivity (Wildman–Crippen MR) is 115 cm³/mol. The molecule has 9 nitrogen and oxygen atoms in total. The molecular formula is C20H25FN8O. The first-order valence-electron chi connectivity index (χ1n) is 9.91. The second kappa shape index (κ2) is 8.15. The number of nitrogens with one attached hydrogen (secondary N) is 4. The number of aromatic nitrogens is 3. The minimum atomic E-state index is -0.773. The zero-order valence-electron chi connectivity index (χ0n) is 16.6. The average molecular weight is 412 g/mol. The van der Waals surface area contributed by atoms with Crippen molar-refractivity contribution < 1.29 is 9.18 Å². The summed E-state index contributed by atoms with van der Waals surface area (Å²) < 4.78 is 14.7. The number of carbonyl (C=O) groups is 1. The van der Waals surface area contributed by atoms with Gasteiger partial charge in [-0.2, -0.15) is 5.10 Å². The molecule has 2 aromatic heterocycles. The highest BCUT2D eigenvalue weighted by molar-refractivity contribution is 5.99. The predicted octanol–water partition coefficient (Wildman–Crippen LogP) is 2.66. The van der Waals surface area contributed by atoms with Crippen molar-refractivity contribution in [2.45, 2.75) is 37.8 Å². The smallest absolute Gasteiger partial charge is 0.252 e. The van der Waals surface area contributed by atoms with Crippen LogP contribution in [0.4, 0.5) is 27.5 Å². The summed E-state index contributed by atoms with van der Waals surface area (Å²) >= 11 is 0. The molecule has 8 N–H and O–H groups in total. The molecule has 0 saturated heterocycles. The molecule has 0 spiro atoms. The molecule has 3 aromatic rings. The van der Waals surface area contributed by atoms with E-state index in [1.54, 1.807) is 13.1 Å². The Morgan fingerprint density at radius 1 is 1.20 bits per heavy atom. The number of fused-ring (bicyclic) bond motifs is 1. The van der Waals surface area contributed by atoms with Crippen LogP contribution in [0.1, 0.15) is 36.0 Å². The van der Waals surface area contributed by atoms with Crippen molar-refractivity contribution in [3.8, 4) is 0 Å². The minimum absolute atomic E-state index is 0.0351. The third-order valence-corrected chi connectivity index (χ3v) is 5.45. The molecule has 1 aliphatic carbocycles. The van der Waals surface area contributed by atoms with E-state index in [9.17, 15) is 9.18 Å². The molecule has 0 aliphatic heterocycles. The first kappa shape index (κ1) is 19.9. The molecule has 0 radical (unpaired) electrons. The van der Waals surface area contributed by atoms with Crippen molar-refractivity contribution in [1.82, 2.24) is 15.2 Å². The second-order valence-electron chi connectivity index (χ2n) is 7.49. The standard InChI is InChI=1S/C20H25FN8O/c1-24-18-11-8-10(6-7-15(11)28-29-18)25-19-12(17(23)30)9-13(21)20(27-19)26-16-5-3-2-4-14(16)22/h6-9,14,16H,2-5,22H2,1H3,(H2,23,30)(H2,24,28,29)(H2,25,26,27)/t14-,16+/m0/s1. The maximum absolute atomic E-state index is 14.7. The zero-order chi connectivity index (χ0) is 21.3. The van der Waals surface area contributed by atoms with Crippen LogP contribution in [0, 0.1) is 5.82 Å². The third-order valence-electron chi connectivity index (χ3n) is 5.45. The van der Waals surface area contributed by atoms with Gasteiger partial charge in [-0.1, -0.05) is 12.8 Å². The first-order valence-corrected chi connectivity index (χ1v) is 9.91. The van der Waals surface area contributed by atoms with E-state index in [4.69, 9.17) is 11.5 Å². The van der Waals surface area contributed by atoms with Crippen LogP contribution in [-0.4, -0.2) is 40.2 Å². The molecule has 30 heavy (non-hydrogen) atoms. The Balaban J connectivity index is 1.68. The van der Waals surface area contributed by atoms with Crippen LogP contribution < -0.4 is 27.4 Å². The number of carbonyl (C=O) groups excluding carboxylic acids is 1. The maximum atomic E-state index is 14.7. The lowest BCUT2D eigenvalue weighted by Crippen LogP contribution is -2.43. The highest BCUT2D eigenvalue weighted by Crippen LogP contribution is 2.29. The number of H-pyrrole nitrogens is 1. The van der Waals surface area contributed by atoms with E-state index >= 15 is 0 Å². The number of halogens is 1. The maximum Gasteiger partial charge on any atom is 0.252 e. The van der Waals surface area contributed by atoms with Gasteiger partial charge in [-0.3, -0.25) is 9.89 Å². The van der Waals surface area contributed by atoms with Gasteiger partial charge < -0.3 is 27.4 Å². The molecule has 2 atom stereocenters. The topological polar surface area (TPSA) is 147 Å². The van der Waals surface area contributed by atoms with E-state index in [0.29, 0.717) is 11.5 Å². The number of pyridine rings is 1. The van der Waals surface area contributed by atoms with E-state index in [-0.39, 0.29) is 29.3 Å². The third kappa shape index (κ3) is 3.86. The summed E-state index contributed by atoms with van der Waals surface area (Å²) in [7, 11) is 1.77. The van der Waals surface area contributed by atoms with Crippen molar-refractivity contribution in [3.63, 3.8) is 0 Å². The number of amides is 1. The second-order valence-corrected chi connectivity index (χ2v) is 7.49. The first-order chi connectivity index (χ1) is 14.5. The molecule has 1 saturated carbocycles. The number of anilines is 4. The Bertz CT molecular complexity index is 1080. The largest absolute Gasteiger partial charge is 0.371 e. The lowest BCUT2D eigenvalue weighted by molar-refractivity contribution is 0.100. The summed E-state index contributed by atoms with van der Waals surface area (Å²) in [4.78, 5) is 16.2. The molecule has 10 heteroatoms. The van der Waals surface area contributed by atoms with Crippen molar-refractivity contribution in [2.75, 3.05) is 23.0 Å². The number of hydrogen-bond donors (Lipinski definition) is 6. The molecule has 1 fully saturated rings. The summed E-state index contributed by atoms with van der Waals surface area (Å²) in [6.45, 7) is 0. The van der Waals surface area contributed by atoms with Crippen LogP contribution in [-0.2, 0) is 0 Å². The van der Waals surface area contributed by atoms with Crippen LogP contribution in [0.5, 0.6) is 0 Å². The molecule has 158 valence electrons. The van der Waals surface area contributed by atoms with E-state index in [1.807, 2.05) is 12.1 Å². The lowest BCUT2D eigenvalue weighted by Gasteiger charge is -2.30. The minimum Gasteiger partial charge on any atom is -0.371 e. The highest BCUT2D eigenvalue weighted by atomic mass is 19.1. The quantitative estimate of drug-likeness (QED) is 0.365. The van der Waals surface area contributed by atoms with Gasteiger partial charge in [0.1, 0.15) is 5.82 Å². The van der Waals surface area contributed by atoms with E-state index in [2.05, 4.69) is 31.1 Å². The summed E-state index contributed by atoms with van der Waals surface area (Å²) in [5, 5.41) is 17.2. The summed E-state index contributed by atoms with van der Waals surface area (Å²) in [5.74, 6) is -0.515. The fraction of sp³-hybridized carbons (Fsp3) is 0.350. The Morgan fingerprint density at radius 2 is 2.00 bits per heavy atom. The lowest BCUT2D eigenvalue weighted by atomic mass is 9.91. The number of rotatable bonds is 6. The fourth-order valence-corrected chi connectivity index (χ4v) is 3.81. The van der Waals surface area contributed by atoms with Crippen LogP contribution >= 0.6 is 0 Å². The van der Waals surface area contributed by atoms with Gasteiger partial charge in [0, 0.05) is 30.2 Å². The van der Waals surface area contributed by atoms with Crippen molar-refractivity contribution in [1.29, 1.82) is 0 Å². The number of nitrogens with two attached hydrogens (primary N) is 2. The van der Waals surface area contributed by atoms with Gasteiger partial charge in [-0.05, 0) is 37.1 Å². The number of hydrogen-bond acceptors (Lipinski definition) is 7. The monoisotopic (exact) mass is 412 g/mol. The zero-order valence-corrected chi connectivity index (χ0v) is 16.6.